The van der Waals surface area contributed by atoms with Gasteiger partial charge in [0.05, 0.1) is 13.7 Å². The molecule has 14 heavy (non-hydrogen) atoms. The normalized spacial score (nSPS) is 10.6. The molecule has 6 heteroatoms. The molecular formula is C8H10F2N2O2. The largest absolute Gasteiger partial charge is 0.480 e. The molecule has 3 N–H and O–H groups in total. The van der Waals surface area contributed by atoms with Crippen LogP contribution in [0.15, 0.2) is 6.20 Å². The standard InChI is InChI=1S/C8H10F2N2O2/c1-14-8-6(11)5(3-13)4(2-12-8)7(9)10/h2,7,13H,3,11H2,1H3. The van der Waals surface area contributed by atoms with Crippen molar-refractivity contribution in [3.8, 4) is 5.88 Å². The summed E-state index contributed by atoms with van der Waals surface area (Å²) in [7, 11) is 1.32. The topological polar surface area (TPSA) is 68.4 Å². The molecule has 0 aromatic carbocycles. The minimum atomic E-state index is -2.71. The molecule has 0 saturated carbocycles. The lowest BCUT2D eigenvalue weighted by Gasteiger charge is -2.11. The van der Waals surface area contributed by atoms with Crippen LogP contribution < -0.4 is 10.5 Å². The van der Waals surface area contributed by atoms with Crippen LogP contribution in [0.4, 0.5) is 14.5 Å². The summed E-state index contributed by atoms with van der Waals surface area (Å²) in [6, 6.07) is 0. The molecule has 0 unspecified atom stereocenters. The molecule has 0 aliphatic rings. The fourth-order valence-corrected chi connectivity index (χ4v) is 1.09. The zero-order chi connectivity index (χ0) is 10.7. The monoisotopic (exact) mass is 204 g/mol. The van der Waals surface area contributed by atoms with Crippen molar-refractivity contribution < 1.29 is 18.6 Å². The summed E-state index contributed by atoms with van der Waals surface area (Å²) >= 11 is 0. The SMILES string of the molecule is COc1ncc(C(F)F)c(CO)c1N. The van der Waals surface area contributed by atoms with Gasteiger partial charge in [-0.05, 0) is 0 Å². The molecular weight excluding hydrogens is 194 g/mol. The number of halogens is 2. The van der Waals surface area contributed by atoms with Crippen LogP contribution in [0, 0.1) is 0 Å². The summed E-state index contributed by atoms with van der Waals surface area (Å²) in [6.07, 6.45) is -1.76. The number of alkyl halides is 2. The fraction of sp³-hybridized carbons (Fsp3) is 0.375. The number of hydrogen-bond acceptors (Lipinski definition) is 4. The van der Waals surface area contributed by atoms with E-state index in [4.69, 9.17) is 15.6 Å². The zero-order valence-corrected chi connectivity index (χ0v) is 7.50. The van der Waals surface area contributed by atoms with Gasteiger partial charge >= 0.3 is 0 Å². The van der Waals surface area contributed by atoms with Gasteiger partial charge in [0.1, 0.15) is 5.69 Å². The second kappa shape index (κ2) is 4.19. The highest BCUT2D eigenvalue weighted by Gasteiger charge is 2.18. The first kappa shape index (κ1) is 10.6. The first-order valence-corrected chi connectivity index (χ1v) is 3.82. The second-order valence-corrected chi connectivity index (χ2v) is 2.57. The number of nitrogens with two attached hydrogens (primary N) is 1. The van der Waals surface area contributed by atoms with Crippen LogP contribution in [0.5, 0.6) is 5.88 Å². The molecule has 0 spiro atoms. The number of pyridine rings is 1. The lowest BCUT2D eigenvalue weighted by Crippen LogP contribution is -2.05. The van der Waals surface area contributed by atoms with E-state index >= 15 is 0 Å². The third-order valence-corrected chi connectivity index (χ3v) is 1.81. The van der Waals surface area contributed by atoms with E-state index in [0.29, 0.717) is 0 Å². The number of hydrogen-bond donors (Lipinski definition) is 2. The van der Waals surface area contributed by atoms with Crippen LogP contribution in [-0.2, 0) is 6.61 Å². The number of anilines is 1. The Morgan fingerprint density at radius 1 is 1.64 bits per heavy atom. The van der Waals surface area contributed by atoms with Crippen molar-refractivity contribution in [3.63, 3.8) is 0 Å². The lowest BCUT2D eigenvalue weighted by atomic mass is 10.1. The first-order chi connectivity index (χ1) is 6.61. The predicted octanol–water partition coefficient (Wildman–Crippen LogP) is 1.10. The predicted molar refractivity (Wildman–Crippen MR) is 46.1 cm³/mol. The molecule has 0 amide bonds. The molecule has 1 heterocycles. The number of methoxy groups -OCH3 is 1. The van der Waals surface area contributed by atoms with Crippen LogP contribution in [0.25, 0.3) is 0 Å². The minimum absolute atomic E-state index is 0.0353. The zero-order valence-electron chi connectivity index (χ0n) is 7.50. The van der Waals surface area contributed by atoms with Crippen molar-refractivity contribution in [2.45, 2.75) is 13.0 Å². The number of nitrogen functional groups attached to an aromatic ring is 1. The number of aromatic nitrogens is 1. The Balaban J connectivity index is 3.28. The lowest BCUT2D eigenvalue weighted by molar-refractivity contribution is 0.146. The van der Waals surface area contributed by atoms with Gasteiger partial charge in [-0.2, -0.15) is 0 Å². The molecule has 1 rings (SSSR count). The maximum atomic E-state index is 12.4. The molecule has 0 aliphatic carbocycles. The van der Waals surface area contributed by atoms with Gasteiger partial charge in [0, 0.05) is 17.3 Å². The van der Waals surface area contributed by atoms with Gasteiger partial charge in [0.2, 0.25) is 5.88 Å². The quantitative estimate of drug-likeness (QED) is 0.773. The molecule has 0 saturated heterocycles. The fourth-order valence-electron chi connectivity index (χ4n) is 1.09. The van der Waals surface area contributed by atoms with Gasteiger partial charge in [-0.3, -0.25) is 0 Å². The number of ether oxygens (including phenoxy) is 1. The highest BCUT2D eigenvalue weighted by molar-refractivity contribution is 5.57. The van der Waals surface area contributed by atoms with E-state index in [0.717, 1.165) is 6.20 Å². The van der Waals surface area contributed by atoms with Gasteiger partial charge in [-0.15, -0.1) is 0 Å². The molecule has 0 atom stereocenters. The van der Waals surface area contributed by atoms with Gasteiger partial charge in [0.25, 0.3) is 6.43 Å². The van der Waals surface area contributed by atoms with E-state index in [1.54, 1.807) is 0 Å². The number of aliphatic hydroxyl groups is 1. The van der Waals surface area contributed by atoms with E-state index in [1.807, 2.05) is 0 Å². The second-order valence-electron chi connectivity index (χ2n) is 2.57. The van der Waals surface area contributed by atoms with Crippen LogP contribution in [0.1, 0.15) is 17.6 Å². The van der Waals surface area contributed by atoms with E-state index < -0.39 is 13.0 Å². The maximum absolute atomic E-state index is 12.4. The smallest absolute Gasteiger partial charge is 0.265 e. The Morgan fingerprint density at radius 2 is 2.29 bits per heavy atom. The van der Waals surface area contributed by atoms with E-state index in [-0.39, 0.29) is 22.7 Å². The third-order valence-electron chi connectivity index (χ3n) is 1.81. The minimum Gasteiger partial charge on any atom is -0.480 e. The van der Waals surface area contributed by atoms with Crippen molar-refractivity contribution in [3.05, 3.63) is 17.3 Å². The van der Waals surface area contributed by atoms with E-state index in [9.17, 15) is 8.78 Å². The van der Waals surface area contributed by atoms with Gasteiger partial charge in [-0.25, -0.2) is 13.8 Å². The number of rotatable bonds is 3. The summed E-state index contributed by atoms with van der Waals surface area (Å²) in [5, 5.41) is 8.87. The summed E-state index contributed by atoms with van der Waals surface area (Å²) in [5.74, 6) is 0.0402. The number of nitrogens with zero attached hydrogens (tertiary/aromatic N) is 1. The summed E-state index contributed by atoms with van der Waals surface area (Å²) in [5.41, 5.74) is 5.01. The van der Waals surface area contributed by atoms with E-state index in [2.05, 4.69) is 4.98 Å². The average molecular weight is 204 g/mol. The average Bonchev–Trinajstić information content (AvgIpc) is 2.17. The Bertz CT molecular complexity index is 331. The highest BCUT2D eigenvalue weighted by atomic mass is 19.3. The van der Waals surface area contributed by atoms with Crippen molar-refractivity contribution in [1.29, 1.82) is 0 Å². The van der Waals surface area contributed by atoms with Crippen LogP contribution in [-0.4, -0.2) is 17.2 Å². The molecule has 4 nitrogen and oxygen atoms in total. The molecule has 1 aromatic rings. The summed E-state index contributed by atoms with van der Waals surface area (Å²) < 4.78 is 29.5. The third kappa shape index (κ3) is 1.74. The highest BCUT2D eigenvalue weighted by Crippen LogP contribution is 2.31. The Hall–Kier alpha value is -1.43. The van der Waals surface area contributed by atoms with Crippen molar-refractivity contribution in [2.75, 3.05) is 12.8 Å². The van der Waals surface area contributed by atoms with Crippen molar-refractivity contribution in [1.82, 2.24) is 4.98 Å². The van der Waals surface area contributed by atoms with Gasteiger partial charge in [0.15, 0.2) is 0 Å². The molecule has 0 fully saturated rings. The molecule has 1 aromatic heterocycles. The molecule has 0 aliphatic heterocycles. The molecule has 0 radical (unpaired) electrons. The number of aliphatic hydroxyl groups excluding tert-OH is 1. The van der Waals surface area contributed by atoms with Crippen LogP contribution in [0.2, 0.25) is 0 Å². The van der Waals surface area contributed by atoms with Crippen LogP contribution in [0.3, 0.4) is 0 Å². The Kier molecular flexibility index (Phi) is 3.19. The van der Waals surface area contributed by atoms with E-state index in [1.165, 1.54) is 7.11 Å². The van der Waals surface area contributed by atoms with Crippen molar-refractivity contribution in [2.24, 2.45) is 0 Å². The van der Waals surface area contributed by atoms with Crippen LogP contribution >= 0.6 is 0 Å². The van der Waals surface area contributed by atoms with Gasteiger partial charge < -0.3 is 15.6 Å². The molecule has 78 valence electrons. The molecule has 0 bridgehead atoms. The maximum Gasteiger partial charge on any atom is 0.265 e. The van der Waals surface area contributed by atoms with Gasteiger partial charge in [-0.1, -0.05) is 0 Å². The Labute approximate surface area is 79.3 Å². The first-order valence-electron chi connectivity index (χ1n) is 3.82. The van der Waals surface area contributed by atoms with Crippen molar-refractivity contribution >= 4 is 5.69 Å². The summed E-state index contributed by atoms with van der Waals surface area (Å²) in [4.78, 5) is 3.59. The Morgan fingerprint density at radius 3 is 2.71 bits per heavy atom. The summed E-state index contributed by atoms with van der Waals surface area (Å²) in [6.45, 7) is -0.565.